The van der Waals surface area contributed by atoms with E-state index in [0.717, 1.165) is 6.08 Å². The van der Waals surface area contributed by atoms with Gasteiger partial charge in [0.2, 0.25) is 0 Å². The summed E-state index contributed by atoms with van der Waals surface area (Å²) in [6.07, 6.45) is -3.03. The predicted octanol–water partition coefficient (Wildman–Crippen LogP) is 4.10. The number of alkyl halides is 5. The van der Waals surface area contributed by atoms with Gasteiger partial charge in [-0.2, -0.15) is 13.2 Å². The Balaban J connectivity index is 4.68. The zero-order valence-electron chi connectivity index (χ0n) is 7.83. The van der Waals surface area contributed by atoms with E-state index in [1.165, 1.54) is 13.0 Å². The van der Waals surface area contributed by atoms with Gasteiger partial charge in [0.15, 0.2) is 0 Å². The monoisotopic (exact) mass is 214 g/mol. The van der Waals surface area contributed by atoms with Crippen molar-refractivity contribution in [3.05, 3.63) is 23.8 Å². The molecule has 5 heteroatoms. The molecule has 0 fully saturated rings. The van der Waals surface area contributed by atoms with Crippen molar-refractivity contribution in [1.82, 2.24) is 0 Å². The SMILES string of the molecule is C/C=C/C(=C\CC(F)(F)F)C(C)(F)F. The van der Waals surface area contributed by atoms with Crippen molar-refractivity contribution in [3.8, 4) is 0 Å². The number of hydrogen-bond donors (Lipinski definition) is 0. The Morgan fingerprint density at radius 1 is 1.14 bits per heavy atom. The summed E-state index contributed by atoms with van der Waals surface area (Å²) in [7, 11) is 0. The molecule has 0 aromatic heterocycles. The molecule has 0 saturated carbocycles. The first-order chi connectivity index (χ1) is 6.17. The molecular weight excluding hydrogens is 203 g/mol. The lowest BCUT2D eigenvalue weighted by Gasteiger charge is -2.12. The third kappa shape index (κ3) is 5.72. The molecule has 0 unspecified atom stereocenters. The minimum atomic E-state index is -4.45. The van der Waals surface area contributed by atoms with E-state index >= 15 is 0 Å². The van der Waals surface area contributed by atoms with Crippen LogP contribution in [-0.4, -0.2) is 12.1 Å². The molecular formula is C9H11F5. The number of halogens is 5. The summed E-state index contributed by atoms with van der Waals surface area (Å²) < 4.78 is 60.5. The van der Waals surface area contributed by atoms with E-state index in [1.54, 1.807) is 0 Å². The predicted molar refractivity (Wildman–Crippen MR) is 44.2 cm³/mol. The Morgan fingerprint density at radius 3 is 1.93 bits per heavy atom. The van der Waals surface area contributed by atoms with Crippen LogP contribution < -0.4 is 0 Å². The Kier molecular flexibility index (Phi) is 4.29. The summed E-state index contributed by atoms with van der Waals surface area (Å²) >= 11 is 0. The average molecular weight is 214 g/mol. The van der Waals surface area contributed by atoms with Crippen LogP contribution in [0.2, 0.25) is 0 Å². The number of allylic oxidation sites excluding steroid dienone is 4. The van der Waals surface area contributed by atoms with E-state index in [9.17, 15) is 22.0 Å². The van der Waals surface area contributed by atoms with Crippen LogP contribution in [0.15, 0.2) is 23.8 Å². The van der Waals surface area contributed by atoms with Crippen LogP contribution >= 0.6 is 0 Å². The molecule has 82 valence electrons. The highest BCUT2D eigenvalue weighted by Crippen LogP contribution is 2.28. The topological polar surface area (TPSA) is 0 Å². The van der Waals surface area contributed by atoms with Gasteiger partial charge in [-0.15, -0.1) is 0 Å². The van der Waals surface area contributed by atoms with Crippen LogP contribution in [0.5, 0.6) is 0 Å². The molecule has 0 aliphatic rings. The van der Waals surface area contributed by atoms with Gasteiger partial charge in [-0.3, -0.25) is 0 Å². The zero-order chi connectivity index (χ0) is 11.4. The molecule has 0 rings (SSSR count). The Bertz CT molecular complexity index is 229. The maximum Gasteiger partial charge on any atom is 0.392 e. The lowest BCUT2D eigenvalue weighted by Crippen LogP contribution is -2.14. The second-order valence-electron chi connectivity index (χ2n) is 2.87. The summed E-state index contributed by atoms with van der Waals surface area (Å²) in [6.45, 7) is 2.03. The van der Waals surface area contributed by atoms with Crippen molar-refractivity contribution < 1.29 is 22.0 Å². The largest absolute Gasteiger partial charge is 0.392 e. The fraction of sp³-hybridized carbons (Fsp3) is 0.556. The smallest absolute Gasteiger partial charge is 0.202 e. The van der Waals surface area contributed by atoms with Gasteiger partial charge in [0.05, 0.1) is 6.42 Å². The summed E-state index contributed by atoms with van der Waals surface area (Å²) in [5.74, 6) is -3.24. The highest BCUT2D eigenvalue weighted by atomic mass is 19.4. The summed E-state index contributed by atoms with van der Waals surface area (Å²) in [5, 5.41) is 0. The minimum Gasteiger partial charge on any atom is -0.202 e. The van der Waals surface area contributed by atoms with Crippen LogP contribution in [0.3, 0.4) is 0 Å². The third-order valence-electron chi connectivity index (χ3n) is 1.41. The first-order valence-corrected chi connectivity index (χ1v) is 3.94. The maximum atomic E-state index is 12.7. The van der Waals surface area contributed by atoms with Crippen molar-refractivity contribution in [2.75, 3.05) is 0 Å². The molecule has 0 N–H and O–H groups in total. The van der Waals surface area contributed by atoms with Crippen LogP contribution in [0.1, 0.15) is 20.3 Å². The Morgan fingerprint density at radius 2 is 1.64 bits per heavy atom. The highest BCUT2D eigenvalue weighted by molar-refractivity contribution is 5.25. The van der Waals surface area contributed by atoms with Gasteiger partial charge in [0.25, 0.3) is 5.92 Å². The van der Waals surface area contributed by atoms with Gasteiger partial charge in [-0.05, 0) is 6.92 Å². The van der Waals surface area contributed by atoms with Crippen molar-refractivity contribution >= 4 is 0 Å². The quantitative estimate of drug-likeness (QED) is 0.490. The van der Waals surface area contributed by atoms with Crippen LogP contribution in [-0.2, 0) is 0 Å². The molecule has 0 radical (unpaired) electrons. The van der Waals surface area contributed by atoms with E-state index in [0.29, 0.717) is 13.0 Å². The molecule has 0 nitrogen and oxygen atoms in total. The van der Waals surface area contributed by atoms with Crippen molar-refractivity contribution in [2.24, 2.45) is 0 Å². The molecule has 0 aliphatic heterocycles. The Hall–Kier alpha value is -0.870. The fourth-order valence-corrected chi connectivity index (χ4v) is 0.799. The maximum absolute atomic E-state index is 12.7. The third-order valence-corrected chi connectivity index (χ3v) is 1.41. The average Bonchev–Trinajstić information content (AvgIpc) is 1.93. The molecule has 0 aliphatic carbocycles. The van der Waals surface area contributed by atoms with Crippen LogP contribution in [0.4, 0.5) is 22.0 Å². The van der Waals surface area contributed by atoms with Gasteiger partial charge in [-0.25, -0.2) is 8.78 Å². The molecule has 0 bridgehead atoms. The second-order valence-corrected chi connectivity index (χ2v) is 2.87. The molecule has 0 atom stereocenters. The van der Waals surface area contributed by atoms with Gasteiger partial charge >= 0.3 is 6.18 Å². The van der Waals surface area contributed by atoms with Crippen molar-refractivity contribution in [1.29, 1.82) is 0 Å². The lowest BCUT2D eigenvalue weighted by molar-refractivity contribution is -0.125. The van der Waals surface area contributed by atoms with Crippen LogP contribution in [0, 0.1) is 0 Å². The van der Waals surface area contributed by atoms with E-state index < -0.39 is 24.1 Å². The van der Waals surface area contributed by atoms with Gasteiger partial charge in [-0.1, -0.05) is 18.2 Å². The van der Waals surface area contributed by atoms with E-state index in [2.05, 4.69) is 0 Å². The lowest BCUT2D eigenvalue weighted by atomic mass is 10.1. The summed E-state index contributed by atoms with van der Waals surface area (Å²) in [6, 6.07) is 0. The zero-order valence-corrected chi connectivity index (χ0v) is 7.83. The molecule has 0 spiro atoms. The fourth-order valence-electron chi connectivity index (χ4n) is 0.799. The molecule has 14 heavy (non-hydrogen) atoms. The summed E-state index contributed by atoms with van der Waals surface area (Å²) in [4.78, 5) is 0. The van der Waals surface area contributed by atoms with E-state index in [4.69, 9.17) is 0 Å². The standard InChI is InChI=1S/C9H11F5/c1-3-4-7(8(2,10)11)5-6-9(12,13)14/h3-5H,6H2,1-2H3/b4-3+,7-5+. The normalized spacial score (nSPS) is 15.2. The van der Waals surface area contributed by atoms with Crippen molar-refractivity contribution in [3.63, 3.8) is 0 Å². The molecule has 0 saturated heterocycles. The summed E-state index contributed by atoms with van der Waals surface area (Å²) in [5.41, 5.74) is -0.614. The van der Waals surface area contributed by atoms with Crippen LogP contribution in [0.25, 0.3) is 0 Å². The second kappa shape index (κ2) is 4.57. The molecule has 0 aromatic rings. The molecule has 0 amide bonds. The molecule has 0 heterocycles. The highest BCUT2D eigenvalue weighted by Gasteiger charge is 2.29. The van der Waals surface area contributed by atoms with Gasteiger partial charge in [0, 0.05) is 12.5 Å². The van der Waals surface area contributed by atoms with Gasteiger partial charge < -0.3 is 0 Å². The Labute approximate surface area is 79.1 Å². The van der Waals surface area contributed by atoms with E-state index in [-0.39, 0.29) is 0 Å². The first-order valence-electron chi connectivity index (χ1n) is 3.94. The molecule has 0 aromatic carbocycles. The number of hydrogen-bond acceptors (Lipinski definition) is 0. The number of rotatable bonds is 3. The first kappa shape index (κ1) is 13.1. The van der Waals surface area contributed by atoms with E-state index in [1.807, 2.05) is 0 Å². The minimum absolute atomic E-state index is 0.500. The van der Waals surface area contributed by atoms with Gasteiger partial charge in [0.1, 0.15) is 0 Å². The van der Waals surface area contributed by atoms with Crippen molar-refractivity contribution in [2.45, 2.75) is 32.4 Å².